The van der Waals surface area contributed by atoms with Crippen molar-refractivity contribution in [3.63, 3.8) is 0 Å². The molecule has 0 atom stereocenters. The molecule has 0 heterocycles. The number of sulfonamides is 1. The molecule has 1 aromatic rings. The minimum atomic E-state index is -4.52. The minimum absolute atomic E-state index is 0.218. The molecule has 146 valence electrons. The molecule has 5 nitrogen and oxygen atoms in total. The van der Waals surface area contributed by atoms with E-state index in [1.54, 1.807) is 13.8 Å². The van der Waals surface area contributed by atoms with Crippen LogP contribution in [0.3, 0.4) is 0 Å². The molecule has 26 heavy (non-hydrogen) atoms. The molecule has 0 spiro atoms. The summed E-state index contributed by atoms with van der Waals surface area (Å²) < 4.78 is 70.1. The number of nitrogens with one attached hydrogen (secondary N) is 1. The summed E-state index contributed by atoms with van der Waals surface area (Å²) in [6.07, 6.45) is -2.65. The van der Waals surface area contributed by atoms with Crippen molar-refractivity contribution in [2.75, 3.05) is 6.61 Å². The first-order valence-corrected chi connectivity index (χ1v) is 9.83. The second-order valence-corrected chi connectivity index (χ2v) is 8.41. The molecular weight excluding hydrogens is 371 g/mol. The van der Waals surface area contributed by atoms with Crippen molar-refractivity contribution in [2.45, 2.75) is 56.6 Å². The number of hydrogen-bond donors (Lipinski definition) is 1. The van der Waals surface area contributed by atoms with Crippen LogP contribution in [0.1, 0.15) is 45.1 Å². The van der Waals surface area contributed by atoms with Gasteiger partial charge in [-0.2, -0.15) is 13.2 Å². The second-order valence-electron chi connectivity index (χ2n) is 6.70. The molecule has 0 unspecified atom stereocenters. The molecule has 1 aromatic carbocycles. The second kappa shape index (κ2) is 7.56. The fourth-order valence-corrected chi connectivity index (χ4v) is 4.30. The maximum Gasteiger partial charge on any atom is 0.416 e. The Morgan fingerprint density at radius 2 is 1.77 bits per heavy atom. The van der Waals surface area contributed by atoms with E-state index in [1.165, 1.54) is 0 Å². The van der Waals surface area contributed by atoms with Crippen LogP contribution in [0.15, 0.2) is 29.2 Å². The van der Waals surface area contributed by atoms with Gasteiger partial charge in [0.15, 0.2) is 0 Å². The number of carbonyl (C=O) groups is 1. The van der Waals surface area contributed by atoms with Crippen molar-refractivity contribution in [1.82, 2.24) is 4.72 Å². The Morgan fingerprint density at radius 3 is 2.23 bits per heavy atom. The number of hydrogen-bond acceptors (Lipinski definition) is 4. The van der Waals surface area contributed by atoms with E-state index in [1.807, 2.05) is 0 Å². The predicted molar refractivity (Wildman–Crippen MR) is 88.8 cm³/mol. The lowest BCUT2D eigenvalue weighted by Crippen LogP contribution is -2.42. The number of esters is 1. The average molecular weight is 393 g/mol. The highest BCUT2D eigenvalue weighted by Crippen LogP contribution is 2.37. The molecule has 2 rings (SSSR count). The van der Waals surface area contributed by atoms with Gasteiger partial charge in [0.1, 0.15) is 0 Å². The van der Waals surface area contributed by atoms with Crippen LogP contribution in [0, 0.1) is 5.41 Å². The first-order valence-electron chi connectivity index (χ1n) is 8.35. The molecule has 1 fully saturated rings. The number of alkyl halides is 3. The number of carbonyl (C=O) groups excluding carboxylic acids is 1. The Kier molecular flexibility index (Phi) is 6.02. The van der Waals surface area contributed by atoms with Gasteiger partial charge in [-0.3, -0.25) is 4.79 Å². The van der Waals surface area contributed by atoms with E-state index in [4.69, 9.17) is 4.74 Å². The topological polar surface area (TPSA) is 72.5 Å². The van der Waals surface area contributed by atoms with Gasteiger partial charge in [0.2, 0.25) is 10.0 Å². The van der Waals surface area contributed by atoms with E-state index in [2.05, 4.69) is 4.72 Å². The SMILES string of the molecule is CCOC(=O)[C@]1(C)CC[C@@H](NS(=O)(=O)c2ccc(C(F)(F)F)cc2)CC1. The molecule has 0 aliphatic heterocycles. The van der Waals surface area contributed by atoms with Crippen molar-refractivity contribution in [3.05, 3.63) is 29.8 Å². The molecular formula is C17H22F3NO4S. The summed E-state index contributed by atoms with van der Waals surface area (Å²) in [7, 11) is -3.92. The van der Waals surface area contributed by atoms with Gasteiger partial charge in [-0.15, -0.1) is 0 Å². The van der Waals surface area contributed by atoms with Gasteiger partial charge < -0.3 is 4.74 Å². The summed E-state index contributed by atoms with van der Waals surface area (Å²) >= 11 is 0. The minimum Gasteiger partial charge on any atom is -0.466 e. The number of halogens is 3. The van der Waals surface area contributed by atoms with Crippen molar-refractivity contribution in [2.24, 2.45) is 5.41 Å². The Bertz CT molecular complexity index is 736. The maximum atomic E-state index is 12.6. The Hall–Kier alpha value is -1.61. The molecule has 0 radical (unpaired) electrons. The molecule has 9 heteroatoms. The monoisotopic (exact) mass is 393 g/mol. The molecule has 0 amide bonds. The number of ether oxygens (including phenoxy) is 1. The van der Waals surface area contributed by atoms with E-state index in [-0.39, 0.29) is 16.9 Å². The zero-order valence-corrected chi connectivity index (χ0v) is 15.4. The summed E-state index contributed by atoms with van der Waals surface area (Å²) in [5.41, 5.74) is -1.54. The third-order valence-corrected chi connectivity index (χ3v) is 6.21. The van der Waals surface area contributed by atoms with E-state index >= 15 is 0 Å². The molecule has 1 aliphatic carbocycles. The van der Waals surface area contributed by atoms with Gasteiger partial charge in [0.05, 0.1) is 22.5 Å². The van der Waals surface area contributed by atoms with Gasteiger partial charge >= 0.3 is 12.1 Å². The average Bonchev–Trinajstić information content (AvgIpc) is 2.56. The zero-order valence-electron chi connectivity index (χ0n) is 14.6. The standard InChI is InChI=1S/C17H22F3NO4S/c1-3-25-15(22)16(2)10-8-13(9-11-16)21-26(23,24)14-6-4-12(5-7-14)17(18,19)20/h4-7,13,21H,3,8-11H2,1-2H3/t13-,16-. The lowest BCUT2D eigenvalue weighted by Gasteiger charge is -2.35. The van der Waals surface area contributed by atoms with Crippen LogP contribution in [-0.2, 0) is 25.7 Å². The summed E-state index contributed by atoms with van der Waals surface area (Å²) in [4.78, 5) is 11.8. The summed E-state index contributed by atoms with van der Waals surface area (Å²) in [5.74, 6) is -0.288. The predicted octanol–water partition coefficient (Wildman–Crippen LogP) is 3.50. The quantitative estimate of drug-likeness (QED) is 0.778. The van der Waals surface area contributed by atoms with Gasteiger partial charge in [-0.25, -0.2) is 13.1 Å². The normalized spacial score (nSPS) is 24.3. The Labute approximate surface area is 151 Å². The lowest BCUT2D eigenvalue weighted by molar-refractivity contribution is -0.156. The van der Waals surface area contributed by atoms with Crippen LogP contribution >= 0.6 is 0 Å². The van der Waals surface area contributed by atoms with E-state index in [9.17, 15) is 26.4 Å². The Balaban J connectivity index is 2.02. The van der Waals surface area contributed by atoms with Crippen LogP contribution in [0.2, 0.25) is 0 Å². The summed E-state index contributed by atoms with van der Waals surface area (Å²) in [6.45, 7) is 3.81. The van der Waals surface area contributed by atoms with Gasteiger partial charge in [0, 0.05) is 6.04 Å². The fourth-order valence-electron chi connectivity index (χ4n) is 2.99. The van der Waals surface area contributed by atoms with E-state index in [0.717, 1.165) is 24.3 Å². The highest BCUT2D eigenvalue weighted by molar-refractivity contribution is 7.89. The highest BCUT2D eigenvalue weighted by atomic mass is 32.2. The van der Waals surface area contributed by atoms with Gasteiger partial charge in [-0.1, -0.05) is 0 Å². The molecule has 1 N–H and O–H groups in total. The molecule has 0 bridgehead atoms. The van der Waals surface area contributed by atoms with Crippen LogP contribution in [0.4, 0.5) is 13.2 Å². The lowest BCUT2D eigenvalue weighted by atomic mass is 9.74. The van der Waals surface area contributed by atoms with Crippen molar-refractivity contribution in [1.29, 1.82) is 0 Å². The molecule has 1 aliphatic rings. The molecule has 1 saturated carbocycles. The zero-order chi connectivity index (χ0) is 19.6. The Morgan fingerprint density at radius 1 is 1.23 bits per heavy atom. The van der Waals surface area contributed by atoms with Crippen molar-refractivity contribution >= 4 is 16.0 Å². The van der Waals surface area contributed by atoms with Gasteiger partial charge in [-0.05, 0) is 63.8 Å². The van der Waals surface area contributed by atoms with Crippen molar-refractivity contribution < 1.29 is 31.1 Å². The van der Waals surface area contributed by atoms with Gasteiger partial charge in [0.25, 0.3) is 0 Å². The van der Waals surface area contributed by atoms with Crippen LogP contribution in [0.25, 0.3) is 0 Å². The van der Waals surface area contributed by atoms with Crippen molar-refractivity contribution in [3.8, 4) is 0 Å². The smallest absolute Gasteiger partial charge is 0.416 e. The number of benzene rings is 1. The van der Waals surface area contributed by atoms with E-state index < -0.39 is 27.2 Å². The van der Waals surface area contributed by atoms with Crippen LogP contribution in [0.5, 0.6) is 0 Å². The third-order valence-electron chi connectivity index (χ3n) is 4.67. The van der Waals surface area contributed by atoms with E-state index in [0.29, 0.717) is 32.3 Å². The van der Waals surface area contributed by atoms with Crippen LogP contribution < -0.4 is 4.72 Å². The molecule has 0 saturated heterocycles. The summed E-state index contributed by atoms with van der Waals surface area (Å²) in [5, 5.41) is 0. The highest BCUT2D eigenvalue weighted by Gasteiger charge is 2.39. The third kappa shape index (κ3) is 4.76. The fraction of sp³-hybridized carbons (Fsp3) is 0.588. The summed E-state index contributed by atoms with van der Waals surface area (Å²) in [6, 6.07) is 3.00. The largest absolute Gasteiger partial charge is 0.466 e. The maximum absolute atomic E-state index is 12.6. The van der Waals surface area contributed by atoms with Crippen LogP contribution in [-0.4, -0.2) is 27.0 Å². The first-order chi connectivity index (χ1) is 12.0. The first kappa shape index (κ1) is 20.7. The number of rotatable bonds is 5. The molecule has 0 aromatic heterocycles.